The fraction of sp³-hybridized carbons (Fsp3) is 0.750. The van der Waals surface area contributed by atoms with E-state index in [1.807, 2.05) is 0 Å². The van der Waals surface area contributed by atoms with Crippen molar-refractivity contribution < 1.29 is 18.6 Å². The van der Waals surface area contributed by atoms with Gasteiger partial charge in [0.25, 0.3) is 0 Å². The van der Waals surface area contributed by atoms with Crippen LogP contribution in [0.2, 0.25) is 0 Å². The molecule has 0 unspecified atom stereocenters. The molecule has 1 aromatic rings. The summed E-state index contributed by atoms with van der Waals surface area (Å²) in [6, 6.07) is 4.58. The van der Waals surface area contributed by atoms with Gasteiger partial charge in [0.1, 0.15) is 0 Å². The average molecular weight is 414 g/mol. The van der Waals surface area contributed by atoms with Gasteiger partial charge in [0.05, 0.1) is 22.4 Å². The van der Waals surface area contributed by atoms with Gasteiger partial charge in [-0.2, -0.15) is 0 Å². The molecule has 3 rings (SSSR count). The minimum atomic E-state index is -0.351. The minimum Gasteiger partial charge on any atom is -0.399 e. The Morgan fingerprint density at radius 1 is 0.567 bits per heavy atom. The van der Waals surface area contributed by atoms with E-state index in [1.165, 1.54) is 11.1 Å². The second-order valence-electron chi connectivity index (χ2n) is 10.9. The van der Waals surface area contributed by atoms with Gasteiger partial charge in [-0.05, 0) is 90.3 Å². The number of hydrogen-bond donors (Lipinski definition) is 0. The molecule has 0 aromatic heterocycles. The number of benzene rings is 1. The first-order valence-corrected chi connectivity index (χ1v) is 11.6. The smallest absolute Gasteiger partial charge is 0.399 e. The largest absolute Gasteiger partial charge is 0.495 e. The molecule has 6 heteroatoms. The fourth-order valence-electron chi connectivity index (χ4n) is 4.08. The van der Waals surface area contributed by atoms with Crippen LogP contribution in [0.1, 0.15) is 93.2 Å². The molecule has 30 heavy (non-hydrogen) atoms. The zero-order chi connectivity index (χ0) is 22.5. The van der Waals surface area contributed by atoms with Crippen LogP contribution < -0.4 is 10.9 Å². The van der Waals surface area contributed by atoms with E-state index in [2.05, 4.69) is 81.4 Å². The molecule has 1 aromatic carbocycles. The molecular formula is C24H40B2O4. The average Bonchev–Trinajstić information content (AvgIpc) is 2.95. The van der Waals surface area contributed by atoms with Gasteiger partial charge >= 0.3 is 14.2 Å². The second kappa shape index (κ2) is 7.95. The van der Waals surface area contributed by atoms with E-state index in [0.717, 1.165) is 36.6 Å². The van der Waals surface area contributed by atoms with Gasteiger partial charge in [0.2, 0.25) is 0 Å². The summed E-state index contributed by atoms with van der Waals surface area (Å²) < 4.78 is 25.7. The highest BCUT2D eigenvalue weighted by molar-refractivity contribution is 6.65. The molecule has 166 valence electrons. The quantitative estimate of drug-likeness (QED) is 0.655. The Kier molecular flexibility index (Phi) is 6.32. The summed E-state index contributed by atoms with van der Waals surface area (Å²) in [5.74, 6) is 0. The van der Waals surface area contributed by atoms with E-state index in [4.69, 9.17) is 18.6 Å². The van der Waals surface area contributed by atoms with Crippen molar-refractivity contribution in [3.05, 3.63) is 23.3 Å². The van der Waals surface area contributed by atoms with Crippen molar-refractivity contribution in [3.8, 4) is 0 Å². The van der Waals surface area contributed by atoms with Crippen molar-refractivity contribution in [2.75, 3.05) is 0 Å². The Labute approximate surface area is 184 Å². The highest BCUT2D eigenvalue weighted by Gasteiger charge is 2.54. The van der Waals surface area contributed by atoms with E-state index < -0.39 is 0 Å². The molecular weight excluding hydrogens is 374 g/mol. The zero-order valence-electron chi connectivity index (χ0n) is 20.8. The Balaban J connectivity index is 2.06. The van der Waals surface area contributed by atoms with Crippen LogP contribution in [0, 0.1) is 0 Å². The summed E-state index contributed by atoms with van der Waals surface area (Å²) in [5, 5.41) is 0. The Morgan fingerprint density at radius 3 is 1.07 bits per heavy atom. The van der Waals surface area contributed by atoms with Crippen LogP contribution >= 0.6 is 0 Å². The Hall–Kier alpha value is -0.810. The first-order valence-electron chi connectivity index (χ1n) is 11.6. The lowest BCUT2D eigenvalue weighted by Gasteiger charge is -2.32. The maximum atomic E-state index is 6.42. The third-order valence-corrected chi connectivity index (χ3v) is 7.45. The molecule has 2 saturated heterocycles. The fourth-order valence-corrected chi connectivity index (χ4v) is 4.08. The van der Waals surface area contributed by atoms with Crippen LogP contribution in [0.25, 0.3) is 0 Å². The van der Waals surface area contributed by atoms with E-state index >= 15 is 0 Å². The van der Waals surface area contributed by atoms with Gasteiger partial charge in [-0.3, -0.25) is 0 Å². The molecule has 2 aliphatic heterocycles. The lowest BCUT2D eigenvalue weighted by atomic mass is 9.67. The predicted octanol–water partition coefficient (Wildman–Crippen LogP) is 4.19. The summed E-state index contributed by atoms with van der Waals surface area (Å²) in [5.41, 5.74) is 3.43. The van der Waals surface area contributed by atoms with E-state index in [-0.39, 0.29) is 36.6 Å². The molecule has 2 heterocycles. The molecule has 0 atom stereocenters. The van der Waals surface area contributed by atoms with Crippen LogP contribution in [-0.4, -0.2) is 36.6 Å². The molecule has 0 bridgehead atoms. The van der Waals surface area contributed by atoms with Crippen molar-refractivity contribution in [2.24, 2.45) is 0 Å². The molecule has 2 fully saturated rings. The van der Waals surface area contributed by atoms with Crippen LogP contribution in [0.15, 0.2) is 12.1 Å². The van der Waals surface area contributed by atoms with Crippen LogP contribution in [0.5, 0.6) is 0 Å². The van der Waals surface area contributed by atoms with Gasteiger partial charge in [-0.1, -0.05) is 38.8 Å². The third kappa shape index (κ3) is 4.13. The van der Waals surface area contributed by atoms with Crippen LogP contribution in [0.3, 0.4) is 0 Å². The highest BCUT2D eigenvalue weighted by Crippen LogP contribution is 2.38. The van der Waals surface area contributed by atoms with Crippen molar-refractivity contribution in [1.82, 2.24) is 0 Å². The number of hydrogen-bond acceptors (Lipinski definition) is 4. The predicted molar refractivity (Wildman–Crippen MR) is 126 cm³/mol. The standard InChI is InChI=1S/C24H40B2O4/c1-11-13-17-15-20(26-29-23(7,8)24(9,10)30-26)18(14-12-2)16-19(17)25-27-21(3,4)22(5,6)28-25/h15-16H,11-14H2,1-10H3. The molecule has 0 spiro atoms. The minimum absolute atomic E-state index is 0.348. The Bertz CT molecular complexity index is 688. The van der Waals surface area contributed by atoms with Gasteiger partial charge in [0, 0.05) is 0 Å². The molecule has 0 N–H and O–H groups in total. The van der Waals surface area contributed by atoms with E-state index in [1.54, 1.807) is 0 Å². The molecule has 0 amide bonds. The van der Waals surface area contributed by atoms with E-state index in [9.17, 15) is 0 Å². The summed E-state index contributed by atoms with van der Waals surface area (Å²) >= 11 is 0. The first kappa shape index (κ1) is 23.8. The van der Waals surface area contributed by atoms with Crippen molar-refractivity contribution in [3.63, 3.8) is 0 Å². The van der Waals surface area contributed by atoms with Gasteiger partial charge in [-0.15, -0.1) is 0 Å². The van der Waals surface area contributed by atoms with Gasteiger partial charge in [-0.25, -0.2) is 0 Å². The maximum Gasteiger partial charge on any atom is 0.495 e. The SMILES string of the molecule is CCCc1cc(B2OC(C)(C)C(C)(C)O2)c(CCC)cc1B1OC(C)(C)C(C)(C)O1. The lowest BCUT2D eigenvalue weighted by molar-refractivity contribution is 0.00578. The molecule has 0 radical (unpaired) electrons. The molecule has 0 aliphatic carbocycles. The van der Waals surface area contributed by atoms with Crippen LogP contribution in [0.4, 0.5) is 0 Å². The lowest BCUT2D eigenvalue weighted by Crippen LogP contribution is -2.43. The van der Waals surface area contributed by atoms with Crippen molar-refractivity contribution in [2.45, 2.75) is 117 Å². The van der Waals surface area contributed by atoms with Gasteiger partial charge in [0.15, 0.2) is 0 Å². The van der Waals surface area contributed by atoms with Crippen LogP contribution in [-0.2, 0) is 31.5 Å². The van der Waals surface area contributed by atoms with Gasteiger partial charge < -0.3 is 18.6 Å². The van der Waals surface area contributed by atoms with Crippen molar-refractivity contribution in [1.29, 1.82) is 0 Å². The summed E-state index contributed by atoms with van der Waals surface area (Å²) in [4.78, 5) is 0. The topological polar surface area (TPSA) is 36.9 Å². The summed E-state index contributed by atoms with van der Waals surface area (Å²) in [7, 11) is -0.695. The summed E-state index contributed by atoms with van der Waals surface area (Å²) in [6.07, 6.45) is 4.06. The highest BCUT2D eigenvalue weighted by atomic mass is 16.7. The Morgan fingerprint density at radius 2 is 0.833 bits per heavy atom. The van der Waals surface area contributed by atoms with Crippen molar-refractivity contribution >= 4 is 25.2 Å². The first-order chi connectivity index (χ1) is 13.7. The van der Waals surface area contributed by atoms with E-state index in [0.29, 0.717) is 0 Å². The maximum absolute atomic E-state index is 6.42. The normalized spacial score (nSPS) is 23.9. The summed E-state index contributed by atoms with van der Waals surface area (Å²) in [6.45, 7) is 21.3. The third-order valence-electron chi connectivity index (χ3n) is 7.45. The number of aryl methyl sites for hydroxylation is 2. The molecule has 2 aliphatic rings. The number of rotatable bonds is 6. The second-order valence-corrected chi connectivity index (χ2v) is 10.9. The zero-order valence-corrected chi connectivity index (χ0v) is 20.8. The molecule has 4 nitrogen and oxygen atoms in total. The molecule has 0 saturated carbocycles. The monoisotopic (exact) mass is 414 g/mol.